The van der Waals surface area contributed by atoms with E-state index >= 15 is 0 Å². The fourth-order valence-electron chi connectivity index (χ4n) is 3.12. The van der Waals surface area contributed by atoms with E-state index < -0.39 is 50.1 Å². The van der Waals surface area contributed by atoms with Crippen molar-refractivity contribution in [1.82, 2.24) is 9.80 Å². The Morgan fingerprint density at radius 1 is 1.13 bits per heavy atom. The van der Waals surface area contributed by atoms with E-state index in [0.717, 1.165) is 22.1 Å². The van der Waals surface area contributed by atoms with Crippen LogP contribution in [0.5, 0.6) is 11.5 Å². The highest BCUT2D eigenvalue weighted by atomic mass is 16.5. The molecule has 0 spiro atoms. The molecule has 1 atom stereocenters. The third-order valence-corrected chi connectivity index (χ3v) is 4.74. The van der Waals surface area contributed by atoms with Gasteiger partial charge in [-0.15, -0.1) is 0 Å². The summed E-state index contributed by atoms with van der Waals surface area (Å²) in [7, 11) is -2.90. The molecule has 2 N–H and O–H groups in total. The zero-order chi connectivity index (χ0) is 31.0. The minimum Gasteiger partial charge on any atom is -0.493 e. The first kappa shape index (κ1) is 13.1. The number of nitrogens with one attached hydrogen (secondary N) is 1. The van der Waals surface area contributed by atoms with Crippen LogP contribution in [0.3, 0.4) is 0 Å². The number of methoxy groups -OCH3 is 1. The highest BCUT2D eigenvalue weighted by Gasteiger charge is 2.21. The van der Waals surface area contributed by atoms with Gasteiger partial charge in [0.05, 0.1) is 24.5 Å². The van der Waals surface area contributed by atoms with Gasteiger partial charge in [0.2, 0.25) is 5.91 Å². The molecule has 31 heavy (non-hydrogen) atoms. The highest BCUT2D eigenvalue weighted by molar-refractivity contribution is 5.93. The lowest BCUT2D eigenvalue weighted by Crippen LogP contribution is -2.50. The lowest BCUT2D eigenvalue weighted by molar-refractivity contribution is -0.117. The second-order valence-electron chi connectivity index (χ2n) is 7.02. The van der Waals surface area contributed by atoms with Crippen LogP contribution >= 0.6 is 0 Å². The molecule has 1 aliphatic heterocycles. The van der Waals surface area contributed by atoms with Crippen molar-refractivity contribution in [3.63, 3.8) is 0 Å². The van der Waals surface area contributed by atoms with Gasteiger partial charge in [-0.25, -0.2) is 0 Å². The smallest absolute Gasteiger partial charge is 0.238 e. The Bertz CT molecular complexity index is 1230. The lowest BCUT2D eigenvalue weighted by atomic mass is 10.1. The number of carbonyl (C=O) groups is 1. The Balaban J connectivity index is 1.73. The van der Waals surface area contributed by atoms with Crippen LogP contribution in [-0.4, -0.2) is 79.7 Å². The van der Waals surface area contributed by atoms with E-state index in [0.29, 0.717) is 5.69 Å². The maximum absolute atomic E-state index is 12.9. The number of β-amino-alcohol motifs (C(OH)–C–C–N with tert-alkyl or cyclic N) is 1. The molecule has 1 aliphatic rings. The van der Waals surface area contributed by atoms with E-state index in [9.17, 15) is 9.90 Å². The molecule has 1 heterocycles. The quantitative estimate of drug-likeness (QED) is 0.627. The molecule has 0 bridgehead atoms. The maximum Gasteiger partial charge on any atom is 0.238 e. The van der Waals surface area contributed by atoms with Crippen molar-refractivity contribution in [2.24, 2.45) is 0 Å². The molecule has 3 rings (SSSR count). The van der Waals surface area contributed by atoms with Crippen molar-refractivity contribution in [1.29, 1.82) is 0 Å². The molecule has 7 heteroatoms. The summed E-state index contributed by atoms with van der Waals surface area (Å²) >= 11 is 0. The van der Waals surface area contributed by atoms with E-state index in [1.165, 1.54) is 23.1 Å². The number of aliphatic hydroxyl groups is 1. The number of anilines is 1. The van der Waals surface area contributed by atoms with Gasteiger partial charge in [-0.2, -0.15) is 0 Å². The molecule has 2 aromatic carbocycles. The molecule has 1 fully saturated rings. The minimum absolute atomic E-state index is 0.179. The topological polar surface area (TPSA) is 74.3 Å². The van der Waals surface area contributed by atoms with E-state index in [1.807, 2.05) is 6.07 Å². The first-order valence-electron chi connectivity index (χ1n) is 14.8. The van der Waals surface area contributed by atoms with Crippen LogP contribution < -0.4 is 14.8 Å². The van der Waals surface area contributed by atoms with Gasteiger partial charge in [0.25, 0.3) is 0 Å². The van der Waals surface area contributed by atoms with Crippen molar-refractivity contribution in [2.45, 2.75) is 19.9 Å². The van der Waals surface area contributed by atoms with Crippen molar-refractivity contribution in [3.8, 4) is 11.5 Å². The number of benzene rings is 2. The average Bonchev–Trinajstić information content (AvgIpc) is 2.86. The molecule has 168 valence electrons. The second-order valence-corrected chi connectivity index (χ2v) is 7.02. The third-order valence-electron chi connectivity index (χ3n) is 4.74. The lowest BCUT2D eigenvalue weighted by Gasteiger charge is -2.35. The Kier molecular flexibility index (Phi) is 4.69. The SMILES string of the molecule is [2H]C([2H])([2H])Oc1ccccc1OC([2H])([2H])C([2H])(O)C([2H])([2H])N1CCN(C([2H])([2H])C(=O)Nc2c(C)cccc2C)CC1. The van der Waals surface area contributed by atoms with E-state index in [2.05, 4.69) is 5.32 Å². The number of piperazine rings is 1. The number of nitrogens with zero attached hydrogens (tertiary/aromatic N) is 2. The second kappa shape index (κ2) is 11.1. The number of amides is 1. The molecule has 0 aliphatic carbocycles. The van der Waals surface area contributed by atoms with Crippen LogP contribution in [-0.2, 0) is 4.79 Å². The fourth-order valence-corrected chi connectivity index (χ4v) is 3.12. The Labute approximate surface area is 198 Å². The summed E-state index contributed by atoms with van der Waals surface area (Å²) in [5.74, 6) is -1.78. The van der Waals surface area contributed by atoms with Crippen molar-refractivity contribution >= 4 is 11.6 Å². The number of rotatable bonds is 9. The standard InChI is InChI=1S/C24H33N3O4/c1-18-7-6-8-19(2)24(18)25-23(29)16-27-13-11-26(12-14-27)15-20(28)17-31-22-10-5-4-9-21(22)30-3/h4-10,20,28H,11-17H2,1-3H3,(H,25,29)/i3D3,15D2,16D2,17D2,20D. The van der Waals surface area contributed by atoms with Gasteiger partial charge in [0, 0.05) is 41.1 Å². The monoisotopic (exact) mass is 437 g/mol. The first-order chi connectivity index (χ1) is 18.7. The van der Waals surface area contributed by atoms with Crippen LogP contribution in [0.25, 0.3) is 0 Å². The molecule has 0 radical (unpaired) electrons. The average molecular weight is 438 g/mol. The van der Waals surface area contributed by atoms with Crippen molar-refractivity contribution < 1.29 is 33.1 Å². The van der Waals surface area contributed by atoms with Gasteiger partial charge in [-0.05, 0) is 37.1 Å². The Morgan fingerprint density at radius 2 is 1.77 bits per heavy atom. The number of carbonyl (C=O) groups excluding carboxylic acids is 1. The fraction of sp³-hybridized carbons (Fsp3) is 0.458. The molecule has 0 aromatic heterocycles. The van der Waals surface area contributed by atoms with E-state index in [4.69, 9.17) is 23.2 Å². The molecular formula is C24H33N3O4. The van der Waals surface area contributed by atoms with Crippen LogP contribution in [0.2, 0.25) is 0 Å². The summed E-state index contributed by atoms with van der Waals surface area (Å²) in [5, 5.41) is 13.5. The minimum atomic E-state index is -3.56. The van der Waals surface area contributed by atoms with E-state index in [-0.39, 0.29) is 26.2 Å². The van der Waals surface area contributed by atoms with Crippen LogP contribution in [0.15, 0.2) is 42.5 Å². The van der Waals surface area contributed by atoms with Gasteiger partial charge in [-0.3, -0.25) is 14.6 Å². The zero-order valence-corrected chi connectivity index (χ0v) is 17.4. The highest BCUT2D eigenvalue weighted by Crippen LogP contribution is 2.25. The number of ether oxygens (including phenoxy) is 2. The summed E-state index contributed by atoms with van der Waals surface area (Å²) in [6, 6.07) is 10.5. The van der Waals surface area contributed by atoms with Gasteiger partial charge in [0.1, 0.15) is 12.6 Å². The zero-order valence-electron chi connectivity index (χ0n) is 27.4. The normalized spacial score (nSPS) is 23.6. The molecule has 1 saturated heterocycles. The van der Waals surface area contributed by atoms with Crippen LogP contribution in [0, 0.1) is 13.8 Å². The largest absolute Gasteiger partial charge is 0.493 e. The molecule has 1 unspecified atom stereocenters. The van der Waals surface area contributed by atoms with Crippen LogP contribution in [0.4, 0.5) is 5.69 Å². The van der Waals surface area contributed by atoms with Crippen molar-refractivity contribution in [2.75, 3.05) is 58.1 Å². The third kappa shape index (κ3) is 6.69. The summed E-state index contributed by atoms with van der Waals surface area (Å²) in [6.45, 7) is -6.29. The predicted octanol–water partition coefficient (Wildman–Crippen LogP) is 2.31. The molecule has 1 amide bonds. The van der Waals surface area contributed by atoms with Gasteiger partial charge < -0.3 is 19.9 Å². The number of aryl methyl sites for hydroxylation is 2. The number of para-hydroxylation sites is 3. The Hall–Kier alpha value is -2.61. The van der Waals surface area contributed by atoms with Gasteiger partial charge in [-0.1, -0.05) is 30.3 Å². The summed E-state index contributed by atoms with van der Waals surface area (Å²) in [5.41, 5.74) is 2.00. The van der Waals surface area contributed by atoms with Gasteiger partial charge >= 0.3 is 0 Å². The predicted molar refractivity (Wildman–Crippen MR) is 122 cm³/mol. The number of hydrogen-bond donors (Lipinski definition) is 2. The summed E-state index contributed by atoms with van der Waals surface area (Å²) in [6.07, 6.45) is -3.56. The summed E-state index contributed by atoms with van der Waals surface area (Å²) in [4.78, 5) is 15.1. The first-order valence-corrected chi connectivity index (χ1v) is 9.78. The maximum atomic E-state index is 12.9. The van der Waals surface area contributed by atoms with Gasteiger partial charge in [0.15, 0.2) is 11.5 Å². The Morgan fingerprint density at radius 3 is 2.45 bits per heavy atom. The number of hydrogen-bond acceptors (Lipinski definition) is 6. The summed E-state index contributed by atoms with van der Waals surface area (Å²) < 4.78 is 90.3. The van der Waals surface area contributed by atoms with Crippen LogP contribution in [0.1, 0.15) is 24.8 Å². The molecule has 0 saturated carbocycles. The van der Waals surface area contributed by atoms with E-state index in [1.54, 1.807) is 26.0 Å². The molecular weight excluding hydrogens is 394 g/mol. The van der Waals surface area contributed by atoms with Crippen molar-refractivity contribution in [3.05, 3.63) is 53.6 Å². The molecule has 7 nitrogen and oxygen atoms in total. The molecule has 2 aromatic rings.